The molecule has 0 saturated heterocycles. The van der Waals surface area contributed by atoms with Crippen LogP contribution in [0.2, 0.25) is 0 Å². The van der Waals surface area contributed by atoms with E-state index in [1.165, 1.54) is 12.1 Å². The van der Waals surface area contributed by atoms with Gasteiger partial charge in [-0.3, -0.25) is 10.1 Å². The van der Waals surface area contributed by atoms with Crippen LogP contribution in [0.25, 0.3) is 11.3 Å². The summed E-state index contributed by atoms with van der Waals surface area (Å²) < 4.78 is 5.54. The molecule has 1 heterocycles. The Labute approximate surface area is 174 Å². The lowest BCUT2D eigenvalue weighted by atomic mass is 9.73. The monoisotopic (exact) mass is 408 g/mol. The fraction of sp³-hybridized carbons (Fsp3) is 0.273. The first-order valence-electron chi connectivity index (χ1n) is 9.47. The molecule has 1 aromatic heterocycles. The number of aromatic nitrogens is 2. The van der Waals surface area contributed by atoms with Gasteiger partial charge in [-0.2, -0.15) is 0 Å². The zero-order chi connectivity index (χ0) is 21.9. The van der Waals surface area contributed by atoms with Crippen LogP contribution < -0.4 is 5.73 Å². The summed E-state index contributed by atoms with van der Waals surface area (Å²) in [5, 5.41) is 10.9. The summed E-state index contributed by atoms with van der Waals surface area (Å²) in [5.41, 5.74) is 7.48. The Balaban J connectivity index is 2.02. The van der Waals surface area contributed by atoms with Crippen LogP contribution in [-0.2, 0) is 4.74 Å². The Morgan fingerprint density at radius 1 is 1.13 bits per heavy atom. The minimum absolute atomic E-state index is 0.00491. The summed E-state index contributed by atoms with van der Waals surface area (Å²) in [5.74, 6) is 0.230. The van der Waals surface area contributed by atoms with Crippen molar-refractivity contribution < 1.29 is 14.5 Å². The standard InChI is InChI=1S/C22H24N4O4/c1-22(2,3)18(15-7-5-4-6-8-15)19(30-21(23)27)20-24-13-17(25-20)14-9-11-16(12-10-14)26(28)29/h4-13,18-19H,1-3H3,(H2,23,27)(H,24,25)/t18?,19-/m0/s1. The lowest BCUT2D eigenvalue weighted by Gasteiger charge is -2.35. The number of primary amides is 1. The second-order valence-corrected chi connectivity index (χ2v) is 8.10. The third-order valence-corrected chi connectivity index (χ3v) is 4.89. The highest BCUT2D eigenvalue weighted by atomic mass is 16.6. The summed E-state index contributed by atoms with van der Waals surface area (Å²) in [6, 6.07) is 15.9. The molecule has 3 aromatic rings. The molecule has 0 spiro atoms. The predicted octanol–water partition coefficient (Wildman–Crippen LogP) is 4.95. The fourth-order valence-corrected chi connectivity index (χ4v) is 3.59. The van der Waals surface area contributed by atoms with Gasteiger partial charge in [-0.15, -0.1) is 0 Å². The Morgan fingerprint density at radius 3 is 2.30 bits per heavy atom. The number of carbonyl (C=O) groups excluding carboxylic acids is 1. The minimum Gasteiger partial charge on any atom is -0.438 e. The topological polar surface area (TPSA) is 124 Å². The van der Waals surface area contributed by atoms with Crippen molar-refractivity contribution in [3.8, 4) is 11.3 Å². The van der Waals surface area contributed by atoms with Crippen LogP contribution in [0.1, 0.15) is 44.2 Å². The van der Waals surface area contributed by atoms with Gasteiger partial charge in [-0.05, 0) is 23.1 Å². The molecule has 2 aromatic carbocycles. The molecule has 3 N–H and O–H groups in total. The number of ether oxygens (including phenoxy) is 1. The number of nitro benzene ring substituents is 1. The number of hydrogen-bond donors (Lipinski definition) is 2. The fourth-order valence-electron chi connectivity index (χ4n) is 3.59. The highest BCUT2D eigenvalue weighted by Gasteiger charge is 2.38. The van der Waals surface area contributed by atoms with Gasteiger partial charge in [0.05, 0.1) is 16.8 Å². The van der Waals surface area contributed by atoms with Crippen LogP contribution in [0.3, 0.4) is 0 Å². The second-order valence-electron chi connectivity index (χ2n) is 8.10. The number of hydrogen-bond acceptors (Lipinski definition) is 5. The van der Waals surface area contributed by atoms with E-state index in [0.717, 1.165) is 11.1 Å². The van der Waals surface area contributed by atoms with E-state index in [9.17, 15) is 14.9 Å². The van der Waals surface area contributed by atoms with Crippen LogP contribution in [-0.4, -0.2) is 21.0 Å². The maximum atomic E-state index is 11.7. The van der Waals surface area contributed by atoms with E-state index in [1.54, 1.807) is 18.3 Å². The Kier molecular flexibility index (Phi) is 5.86. The highest BCUT2D eigenvalue weighted by Crippen LogP contribution is 2.45. The molecule has 0 aliphatic rings. The molecule has 3 rings (SSSR count). The summed E-state index contributed by atoms with van der Waals surface area (Å²) in [6.07, 6.45) is -0.0198. The van der Waals surface area contributed by atoms with Gasteiger partial charge in [0.1, 0.15) is 5.82 Å². The average molecular weight is 408 g/mol. The average Bonchev–Trinajstić information content (AvgIpc) is 3.17. The molecule has 0 aliphatic carbocycles. The number of nitrogens with zero attached hydrogens (tertiary/aromatic N) is 2. The van der Waals surface area contributed by atoms with Crippen LogP contribution in [0, 0.1) is 15.5 Å². The SMILES string of the molecule is CC(C)(C)C(c1ccccc1)[C@H](OC(N)=O)c1ncc(-c2ccc([N+](=O)[O-])cc2)[nH]1. The van der Waals surface area contributed by atoms with Crippen molar-refractivity contribution in [2.75, 3.05) is 0 Å². The minimum atomic E-state index is -0.890. The number of aromatic amines is 1. The lowest BCUT2D eigenvalue weighted by Crippen LogP contribution is -2.30. The predicted molar refractivity (Wildman–Crippen MR) is 113 cm³/mol. The van der Waals surface area contributed by atoms with Crippen molar-refractivity contribution in [3.63, 3.8) is 0 Å². The van der Waals surface area contributed by atoms with Crippen molar-refractivity contribution in [2.45, 2.75) is 32.8 Å². The maximum Gasteiger partial charge on any atom is 0.405 e. The number of amides is 1. The number of imidazole rings is 1. The van der Waals surface area contributed by atoms with Crippen LogP contribution in [0.15, 0.2) is 60.8 Å². The number of nitrogens with one attached hydrogen (secondary N) is 1. The molecule has 0 aliphatic heterocycles. The van der Waals surface area contributed by atoms with Crippen molar-refractivity contribution in [3.05, 3.63) is 82.3 Å². The van der Waals surface area contributed by atoms with Gasteiger partial charge in [-0.1, -0.05) is 51.1 Å². The van der Waals surface area contributed by atoms with Gasteiger partial charge in [0, 0.05) is 23.6 Å². The zero-order valence-electron chi connectivity index (χ0n) is 17.0. The van der Waals surface area contributed by atoms with E-state index in [1.807, 2.05) is 30.3 Å². The number of rotatable bonds is 6. The number of benzene rings is 2. The van der Waals surface area contributed by atoms with Gasteiger partial charge in [0.25, 0.3) is 5.69 Å². The van der Waals surface area contributed by atoms with Crippen LogP contribution >= 0.6 is 0 Å². The van der Waals surface area contributed by atoms with Crippen molar-refractivity contribution >= 4 is 11.8 Å². The largest absolute Gasteiger partial charge is 0.438 e. The molecular formula is C22H24N4O4. The van der Waals surface area contributed by atoms with Gasteiger partial charge >= 0.3 is 6.09 Å². The number of nitrogens with two attached hydrogens (primary N) is 1. The second kappa shape index (κ2) is 8.36. The van der Waals surface area contributed by atoms with Gasteiger partial charge in [0.15, 0.2) is 6.10 Å². The third kappa shape index (κ3) is 4.65. The Bertz CT molecular complexity index is 1020. The summed E-state index contributed by atoms with van der Waals surface area (Å²) in [7, 11) is 0. The van der Waals surface area contributed by atoms with E-state index in [-0.39, 0.29) is 17.0 Å². The van der Waals surface area contributed by atoms with Crippen LogP contribution in [0.4, 0.5) is 10.5 Å². The smallest absolute Gasteiger partial charge is 0.405 e. The molecular weight excluding hydrogens is 384 g/mol. The molecule has 0 bridgehead atoms. The van der Waals surface area contributed by atoms with E-state index < -0.39 is 17.1 Å². The van der Waals surface area contributed by atoms with E-state index in [4.69, 9.17) is 10.5 Å². The van der Waals surface area contributed by atoms with Crippen molar-refractivity contribution in [2.24, 2.45) is 11.1 Å². The molecule has 156 valence electrons. The first-order chi connectivity index (χ1) is 14.2. The summed E-state index contributed by atoms with van der Waals surface area (Å²) >= 11 is 0. The first-order valence-corrected chi connectivity index (χ1v) is 9.47. The number of non-ortho nitro benzene ring substituents is 1. The molecule has 0 saturated carbocycles. The molecule has 30 heavy (non-hydrogen) atoms. The number of carbonyl (C=O) groups is 1. The molecule has 2 atom stereocenters. The summed E-state index contributed by atoms with van der Waals surface area (Å²) in [4.78, 5) is 29.8. The quantitative estimate of drug-likeness (QED) is 0.441. The Hall–Kier alpha value is -3.68. The zero-order valence-corrected chi connectivity index (χ0v) is 17.0. The highest BCUT2D eigenvalue weighted by molar-refractivity contribution is 5.65. The molecule has 0 fully saturated rings. The molecule has 0 radical (unpaired) electrons. The maximum absolute atomic E-state index is 11.7. The van der Waals surface area contributed by atoms with Crippen molar-refractivity contribution in [1.82, 2.24) is 9.97 Å². The van der Waals surface area contributed by atoms with Gasteiger partial charge < -0.3 is 15.5 Å². The van der Waals surface area contributed by atoms with Crippen LogP contribution in [0.5, 0.6) is 0 Å². The lowest BCUT2D eigenvalue weighted by molar-refractivity contribution is -0.384. The van der Waals surface area contributed by atoms with E-state index in [0.29, 0.717) is 11.5 Å². The number of H-pyrrole nitrogens is 1. The Morgan fingerprint density at radius 2 is 1.77 bits per heavy atom. The number of nitro groups is 1. The molecule has 1 unspecified atom stereocenters. The van der Waals surface area contributed by atoms with E-state index in [2.05, 4.69) is 30.7 Å². The van der Waals surface area contributed by atoms with Gasteiger partial charge in [-0.25, -0.2) is 9.78 Å². The van der Waals surface area contributed by atoms with Gasteiger partial charge in [0.2, 0.25) is 0 Å². The van der Waals surface area contributed by atoms with Crippen molar-refractivity contribution in [1.29, 1.82) is 0 Å². The first kappa shape index (κ1) is 21.0. The van der Waals surface area contributed by atoms with E-state index >= 15 is 0 Å². The summed E-state index contributed by atoms with van der Waals surface area (Å²) in [6.45, 7) is 6.17. The molecule has 1 amide bonds. The normalized spacial score (nSPS) is 13.4. The molecule has 8 nitrogen and oxygen atoms in total. The third-order valence-electron chi connectivity index (χ3n) is 4.89. The molecule has 8 heteroatoms.